The van der Waals surface area contributed by atoms with Crippen molar-refractivity contribution in [2.24, 2.45) is 0 Å². The molecular formula is C24H25F3N4O7S2. The molecule has 40 heavy (non-hydrogen) atoms. The highest BCUT2D eigenvalue weighted by Gasteiger charge is 2.51. The van der Waals surface area contributed by atoms with Crippen molar-refractivity contribution in [1.29, 1.82) is 5.26 Å². The zero-order chi connectivity index (χ0) is 29.5. The molecule has 0 bridgehead atoms. The van der Waals surface area contributed by atoms with Crippen LogP contribution in [0.25, 0.3) is 0 Å². The maximum Gasteiger partial charge on any atom is 0.427 e. The van der Waals surface area contributed by atoms with E-state index in [0.717, 1.165) is 10.4 Å². The Morgan fingerprint density at radius 3 is 2.48 bits per heavy atom. The molecule has 1 atom stereocenters. The van der Waals surface area contributed by atoms with E-state index in [1.165, 1.54) is 36.4 Å². The zero-order valence-electron chi connectivity index (χ0n) is 21.2. The number of hydrogen-bond acceptors (Lipinski definition) is 8. The second kappa shape index (κ2) is 10.5. The number of hydrogen-bond donors (Lipinski definition) is 2. The average molecular weight is 603 g/mol. The van der Waals surface area contributed by atoms with Crippen LogP contribution in [-0.2, 0) is 24.8 Å². The van der Waals surface area contributed by atoms with Gasteiger partial charge in [-0.2, -0.15) is 18.4 Å². The average Bonchev–Trinajstić information content (AvgIpc) is 3.72. The van der Waals surface area contributed by atoms with E-state index in [-0.39, 0.29) is 40.7 Å². The van der Waals surface area contributed by atoms with E-state index in [9.17, 15) is 40.1 Å². The Morgan fingerprint density at radius 1 is 1.15 bits per heavy atom. The van der Waals surface area contributed by atoms with E-state index in [4.69, 9.17) is 4.74 Å². The minimum absolute atomic E-state index is 0.0106. The quantitative estimate of drug-likeness (QED) is 0.465. The highest BCUT2D eigenvalue weighted by molar-refractivity contribution is 7.92. The molecule has 2 aliphatic rings. The first-order valence-electron chi connectivity index (χ1n) is 11.9. The number of benzene rings is 2. The lowest BCUT2D eigenvalue weighted by molar-refractivity contribution is -0.242. The van der Waals surface area contributed by atoms with Gasteiger partial charge in [0.2, 0.25) is 15.6 Å². The molecule has 2 aromatic carbocycles. The van der Waals surface area contributed by atoms with Crippen molar-refractivity contribution < 1.29 is 44.3 Å². The Labute approximate surface area is 229 Å². The van der Waals surface area contributed by atoms with E-state index in [1.807, 2.05) is 6.07 Å². The molecule has 0 aromatic heterocycles. The monoisotopic (exact) mass is 602 g/mol. The third-order valence-electron chi connectivity index (χ3n) is 6.19. The molecule has 0 radical (unpaired) electrons. The number of anilines is 2. The van der Waals surface area contributed by atoms with Crippen LogP contribution in [0.15, 0.2) is 47.4 Å². The van der Waals surface area contributed by atoms with Crippen LogP contribution in [0.3, 0.4) is 0 Å². The van der Waals surface area contributed by atoms with Crippen molar-refractivity contribution in [2.45, 2.75) is 54.7 Å². The fourth-order valence-electron chi connectivity index (χ4n) is 3.72. The standard InChI is InChI=1S/C24H25F3N4O7S2/c1-23(2,24(25,26)27)38-22(32)30-16-6-9-21-20(11-16)31(40(35,36)19-5-3-4-15(10-19)12-28)14-17(37-21)13-29-39(33,34)18-7-8-18/h3-6,9-11,17-18,29H,7-8,13-14H2,1-2H3,(H,30,32)/t17-/m0/s1. The molecule has 1 saturated carbocycles. The first-order chi connectivity index (χ1) is 18.5. The number of nitrogens with zero attached hydrogens (tertiary/aromatic N) is 2. The molecule has 0 unspecified atom stereocenters. The molecular weight excluding hydrogens is 577 g/mol. The largest absolute Gasteiger partial charge is 0.485 e. The number of sulfonamides is 2. The number of carbonyl (C=O) groups excluding carboxylic acids is 1. The summed E-state index contributed by atoms with van der Waals surface area (Å²) in [6.07, 6.45) is -6.17. The molecule has 0 saturated heterocycles. The summed E-state index contributed by atoms with van der Waals surface area (Å²) in [4.78, 5) is 12.0. The van der Waals surface area contributed by atoms with Gasteiger partial charge in [-0.15, -0.1) is 0 Å². The Bertz CT molecular complexity index is 1570. The first-order valence-corrected chi connectivity index (χ1v) is 14.9. The number of carbonyl (C=O) groups is 1. The van der Waals surface area contributed by atoms with Gasteiger partial charge in [0, 0.05) is 12.2 Å². The van der Waals surface area contributed by atoms with Crippen molar-refractivity contribution in [3.05, 3.63) is 48.0 Å². The highest BCUT2D eigenvalue weighted by Crippen LogP contribution is 2.40. The summed E-state index contributed by atoms with van der Waals surface area (Å²) in [5, 5.41) is 10.9. The fourth-order valence-corrected chi connectivity index (χ4v) is 6.67. The van der Waals surface area contributed by atoms with Crippen molar-refractivity contribution in [3.63, 3.8) is 0 Å². The molecule has 16 heteroatoms. The number of amides is 1. The van der Waals surface area contributed by atoms with Gasteiger partial charge in [0.15, 0.2) is 0 Å². The van der Waals surface area contributed by atoms with Crippen LogP contribution in [0.1, 0.15) is 32.3 Å². The highest BCUT2D eigenvalue weighted by atomic mass is 32.2. The number of alkyl halides is 3. The second-order valence-corrected chi connectivity index (χ2v) is 13.6. The summed E-state index contributed by atoms with van der Waals surface area (Å²) >= 11 is 0. The first kappa shape index (κ1) is 29.4. The van der Waals surface area contributed by atoms with E-state index in [2.05, 4.69) is 14.8 Å². The summed E-state index contributed by atoms with van der Waals surface area (Å²) < 4.78 is 105. The number of rotatable bonds is 8. The van der Waals surface area contributed by atoms with Gasteiger partial charge in [-0.1, -0.05) is 6.07 Å². The predicted molar refractivity (Wildman–Crippen MR) is 137 cm³/mol. The van der Waals surface area contributed by atoms with Crippen LogP contribution in [0.5, 0.6) is 5.75 Å². The Hall–Kier alpha value is -3.55. The fraction of sp³-hybridized carbons (Fsp3) is 0.417. The summed E-state index contributed by atoms with van der Waals surface area (Å²) in [7, 11) is -7.96. The minimum Gasteiger partial charge on any atom is -0.485 e. The van der Waals surface area contributed by atoms with Gasteiger partial charge in [0.25, 0.3) is 10.0 Å². The van der Waals surface area contributed by atoms with Gasteiger partial charge in [-0.05, 0) is 63.1 Å². The van der Waals surface area contributed by atoms with Gasteiger partial charge in [0.05, 0.1) is 34.0 Å². The predicted octanol–water partition coefficient (Wildman–Crippen LogP) is 3.49. The lowest BCUT2D eigenvalue weighted by Crippen LogP contribution is -2.48. The molecule has 4 rings (SSSR count). The molecule has 2 N–H and O–H groups in total. The molecule has 1 amide bonds. The lowest BCUT2D eigenvalue weighted by atomic mass is 10.1. The SMILES string of the molecule is CC(C)(OC(=O)Nc1ccc2c(c1)N(S(=O)(=O)c1cccc(C#N)c1)C[C@H](CNS(=O)(=O)C1CC1)O2)C(F)(F)F. The Kier molecular flexibility index (Phi) is 7.69. The number of fused-ring (bicyclic) bond motifs is 1. The number of ether oxygens (including phenoxy) is 2. The number of nitriles is 1. The van der Waals surface area contributed by atoms with Crippen molar-refractivity contribution in [2.75, 3.05) is 22.7 Å². The van der Waals surface area contributed by atoms with E-state index >= 15 is 0 Å². The Morgan fingerprint density at radius 2 is 1.85 bits per heavy atom. The third kappa shape index (κ3) is 6.26. The van der Waals surface area contributed by atoms with Crippen LogP contribution in [0, 0.1) is 11.3 Å². The minimum atomic E-state index is -4.84. The van der Waals surface area contributed by atoms with Gasteiger partial charge in [0.1, 0.15) is 11.9 Å². The summed E-state index contributed by atoms with van der Waals surface area (Å²) in [5.74, 6) is 0.0106. The molecule has 1 heterocycles. The summed E-state index contributed by atoms with van der Waals surface area (Å²) in [6, 6.07) is 10.8. The van der Waals surface area contributed by atoms with E-state index < -0.39 is 49.3 Å². The molecule has 2 aromatic rings. The van der Waals surface area contributed by atoms with E-state index in [1.54, 1.807) is 0 Å². The van der Waals surface area contributed by atoms with E-state index in [0.29, 0.717) is 26.7 Å². The Balaban J connectivity index is 1.65. The van der Waals surface area contributed by atoms with Crippen LogP contribution in [0.4, 0.5) is 29.3 Å². The normalized spacial score (nSPS) is 17.8. The zero-order valence-corrected chi connectivity index (χ0v) is 22.9. The van der Waals surface area contributed by atoms with Crippen molar-refractivity contribution in [3.8, 4) is 11.8 Å². The molecule has 0 spiro atoms. The molecule has 216 valence electrons. The summed E-state index contributed by atoms with van der Waals surface area (Å²) in [5.41, 5.74) is -2.88. The molecule has 1 fully saturated rings. The second-order valence-electron chi connectivity index (χ2n) is 9.71. The number of nitrogens with one attached hydrogen (secondary N) is 2. The topological polar surface area (TPSA) is 155 Å². The number of halogens is 3. The molecule has 11 nitrogen and oxygen atoms in total. The maximum absolute atomic E-state index is 13.7. The van der Waals surface area contributed by atoms with Crippen LogP contribution < -0.4 is 19.1 Å². The third-order valence-corrected chi connectivity index (χ3v) is 9.89. The van der Waals surface area contributed by atoms with Crippen LogP contribution in [0.2, 0.25) is 0 Å². The van der Waals surface area contributed by atoms with Crippen LogP contribution >= 0.6 is 0 Å². The lowest BCUT2D eigenvalue weighted by Gasteiger charge is -2.36. The molecule has 1 aliphatic heterocycles. The van der Waals surface area contributed by atoms with Gasteiger partial charge < -0.3 is 9.47 Å². The summed E-state index contributed by atoms with van der Waals surface area (Å²) in [6.45, 7) is 0.763. The van der Waals surface area contributed by atoms with Crippen LogP contribution in [-0.4, -0.2) is 59.1 Å². The van der Waals surface area contributed by atoms with Crippen molar-refractivity contribution >= 4 is 37.5 Å². The van der Waals surface area contributed by atoms with Gasteiger partial charge in [-0.3, -0.25) is 9.62 Å². The smallest absolute Gasteiger partial charge is 0.427 e. The van der Waals surface area contributed by atoms with Crippen molar-refractivity contribution in [1.82, 2.24) is 4.72 Å². The maximum atomic E-state index is 13.7. The van der Waals surface area contributed by atoms with Gasteiger partial charge >= 0.3 is 12.3 Å². The van der Waals surface area contributed by atoms with Gasteiger partial charge in [-0.25, -0.2) is 26.4 Å². The molecule has 1 aliphatic carbocycles.